The zero-order valence-electron chi connectivity index (χ0n) is 21.7. The van der Waals surface area contributed by atoms with Crippen LogP contribution in [-0.4, -0.2) is 14.5 Å². The summed E-state index contributed by atoms with van der Waals surface area (Å²) in [5.74, 6) is 0. The molecule has 0 saturated heterocycles. The van der Waals surface area contributed by atoms with Crippen LogP contribution in [0.1, 0.15) is 11.1 Å². The van der Waals surface area contributed by atoms with Crippen molar-refractivity contribution in [2.45, 2.75) is 6.42 Å². The Hall–Kier alpha value is -5.28. The van der Waals surface area contributed by atoms with Crippen LogP contribution in [0, 0.1) is 0 Å². The second-order valence-corrected chi connectivity index (χ2v) is 10.6. The lowest BCUT2D eigenvalue weighted by Crippen LogP contribution is -1.97. The van der Waals surface area contributed by atoms with E-state index in [1.807, 2.05) is 18.5 Å². The molecule has 186 valence electrons. The standard InChI is InChI=1S/C37H23N3/c1-2-15-32-30(13-1)35-31-14-5-8-23-7-3-10-26(34(23)31)21-33(35)40(32)29-12-4-9-25(20-29)28-19-27-17-16-24-11-6-18-38-36(24)37(27)39-22-28/h1-13,15-22H,14H2. The number of hydrogen-bond donors (Lipinski definition) is 0. The highest BCUT2D eigenvalue weighted by atomic mass is 15.0. The van der Waals surface area contributed by atoms with Gasteiger partial charge in [-0.15, -0.1) is 0 Å². The van der Waals surface area contributed by atoms with Crippen molar-refractivity contribution < 1.29 is 0 Å². The molecule has 1 aliphatic carbocycles. The van der Waals surface area contributed by atoms with Crippen LogP contribution in [0.15, 0.2) is 122 Å². The lowest BCUT2D eigenvalue weighted by Gasteiger charge is -2.16. The van der Waals surface area contributed by atoms with Gasteiger partial charge in [0.1, 0.15) is 0 Å². The van der Waals surface area contributed by atoms with E-state index in [4.69, 9.17) is 4.98 Å². The predicted molar refractivity (Wildman–Crippen MR) is 167 cm³/mol. The molecular weight excluding hydrogens is 486 g/mol. The Kier molecular flexibility index (Phi) is 4.39. The van der Waals surface area contributed by atoms with Crippen molar-refractivity contribution in [3.63, 3.8) is 0 Å². The number of aromatic nitrogens is 3. The molecule has 1 aliphatic rings. The zero-order chi connectivity index (χ0) is 26.2. The summed E-state index contributed by atoms with van der Waals surface area (Å²) in [5, 5.41) is 7.55. The predicted octanol–water partition coefficient (Wildman–Crippen LogP) is 9.27. The third-order valence-corrected chi connectivity index (χ3v) is 8.42. The van der Waals surface area contributed by atoms with Gasteiger partial charge in [0.05, 0.1) is 22.1 Å². The second-order valence-electron chi connectivity index (χ2n) is 10.6. The molecule has 3 heteroatoms. The Morgan fingerprint density at radius 1 is 0.600 bits per heavy atom. The molecular formula is C37H23N3. The molecule has 40 heavy (non-hydrogen) atoms. The van der Waals surface area contributed by atoms with Crippen LogP contribution in [0.25, 0.3) is 77.3 Å². The monoisotopic (exact) mass is 509 g/mol. The van der Waals surface area contributed by atoms with E-state index in [1.165, 1.54) is 43.7 Å². The lowest BCUT2D eigenvalue weighted by molar-refractivity contribution is 1.18. The van der Waals surface area contributed by atoms with Crippen LogP contribution in [0.3, 0.4) is 0 Å². The van der Waals surface area contributed by atoms with Gasteiger partial charge in [-0.05, 0) is 70.3 Å². The Labute approximate surface area is 230 Å². The number of nitrogens with zero attached hydrogens (tertiary/aromatic N) is 3. The Bertz CT molecular complexity index is 2360. The molecule has 0 aliphatic heterocycles. The van der Waals surface area contributed by atoms with Crippen molar-refractivity contribution in [1.29, 1.82) is 0 Å². The molecule has 0 bridgehead atoms. The van der Waals surface area contributed by atoms with Crippen molar-refractivity contribution in [3.8, 4) is 16.8 Å². The van der Waals surface area contributed by atoms with E-state index < -0.39 is 0 Å². The summed E-state index contributed by atoms with van der Waals surface area (Å²) in [5.41, 5.74) is 10.5. The second kappa shape index (κ2) is 8.11. The molecule has 3 heterocycles. The van der Waals surface area contributed by atoms with E-state index in [2.05, 4.69) is 119 Å². The van der Waals surface area contributed by atoms with Crippen molar-refractivity contribution in [2.24, 2.45) is 0 Å². The van der Waals surface area contributed by atoms with Crippen LogP contribution in [0.4, 0.5) is 0 Å². The fourth-order valence-electron chi connectivity index (χ4n) is 6.69. The molecule has 3 nitrogen and oxygen atoms in total. The lowest BCUT2D eigenvalue weighted by atomic mass is 9.90. The quantitative estimate of drug-likeness (QED) is 0.217. The molecule has 0 saturated carbocycles. The molecule has 5 aromatic carbocycles. The molecule has 8 aromatic rings. The summed E-state index contributed by atoms with van der Waals surface area (Å²) >= 11 is 0. The van der Waals surface area contributed by atoms with E-state index in [1.54, 1.807) is 0 Å². The molecule has 0 N–H and O–H groups in total. The van der Waals surface area contributed by atoms with Gasteiger partial charge in [0.25, 0.3) is 0 Å². The van der Waals surface area contributed by atoms with Crippen LogP contribution in [0.2, 0.25) is 0 Å². The topological polar surface area (TPSA) is 30.7 Å². The average Bonchev–Trinajstić information content (AvgIpc) is 3.35. The molecule has 9 rings (SSSR count). The number of pyridine rings is 2. The number of rotatable bonds is 2. The van der Waals surface area contributed by atoms with Crippen molar-refractivity contribution in [3.05, 3.63) is 133 Å². The smallest absolute Gasteiger partial charge is 0.0964 e. The van der Waals surface area contributed by atoms with Gasteiger partial charge in [-0.1, -0.05) is 78.9 Å². The van der Waals surface area contributed by atoms with Gasteiger partial charge in [-0.2, -0.15) is 0 Å². The number of hydrogen-bond acceptors (Lipinski definition) is 2. The Morgan fingerprint density at radius 3 is 2.48 bits per heavy atom. The summed E-state index contributed by atoms with van der Waals surface area (Å²) in [6, 6.07) is 37.2. The largest absolute Gasteiger partial charge is 0.309 e. The van der Waals surface area contributed by atoms with E-state index in [0.717, 1.165) is 45.0 Å². The number of benzene rings is 5. The summed E-state index contributed by atoms with van der Waals surface area (Å²) < 4.78 is 2.43. The average molecular weight is 510 g/mol. The van der Waals surface area contributed by atoms with Gasteiger partial charge < -0.3 is 4.57 Å². The van der Waals surface area contributed by atoms with Crippen LogP contribution < -0.4 is 0 Å². The molecule has 0 amide bonds. The number of allylic oxidation sites excluding steroid dienone is 1. The van der Waals surface area contributed by atoms with Crippen LogP contribution >= 0.6 is 0 Å². The Morgan fingerprint density at radius 2 is 1.48 bits per heavy atom. The molecule has 0 fully saturated rings. The van der Waals surface area contributed by atoms with Crippen molar-refractivity contribution in [1.82, 2.24) is 14.5 Å². The first-order valence-electron chi connectivity index (χ1n) is 13.7. The van der Waals surface area contributed by atoms with Gasteiger partial charge >= 0.3 is 0 Å². The van der Waals surface area contributed by atoms with Crippen LogP contribution in [0.5, 0.6) is 0 Å². The highest BCUT2D eigenvalue weighted by Gasteiger charge is 2.20. The van der Waals surface area contributed by atoms with Gasteiger partial charge in [0.2, 0.25) is 0 Å². The third-order valence-electron chi connectivity index (χ3n) is 8.42. The van der Waals surface area contributed by atoms with E-state index in [0.29, 0.717) is 0 Å². The first-order chi connectivity index (χ1) is 19.8. The van der Waals surface area contributed by atoms with Crippen molar-refractivity contribution in [2.75, 3.05) is 0 Å². The van der Waals surface area contributed by atoms with Gasteiger partial charge in [-0.3, -0.25) is 9.97 Å². The van der Waals surface area contributed by atoms with E-state index in [-0.39, 0.29) is 0 Å². The number of fused-ring (bicyclic) bond motifs is 7. The fraction of sp³-hybridized carbons (Fsp3) is 0.0270. The van der Waals surface area contributed by atoms with Gasteiger partial charge in [0.15, 0.2) is 0 Å². The SMILES string of the molecule is C1=Cc2cccc3cc4c(c(c23)C1)c1ccccc1n4-c1cccc(-c2cnc3c(ccc4cccnc43)c2)c1. The molecule has 0 unspecified atom stereocenters. The van der Waals surface area contributed by atoms with Gasteiger partial charge in [0, 0.05) is 45.2 Å². The highest BCUT2D eigenvalue weighted by molar-refractivity contribution is 6.17. The number of para-hydroxylation sites is 1. The molecule has 3 aromatic heterocycles. The first-order valence-corrected chi connectivity index (χ1v) is 13.7. The summed E-state index contributed by atoms with van der Waals surface area (Å²) in [6.07, 6.45) is 9.33. The maximum atomic E-state index is 4.87. The minimum Gasteiger partial charge on any atom is -0.309 e. The maximum Gasteiger partial charge on any atom is 0.0964 e. The maximum absolute atomic E-state index is 4.87. The van der Waals surface area contributed by atoms with Crippen LogP contribution in [-0.2, 0) is 6.42 Å². The normalized spacial score (nSPS) is 12.8. The van der Waals surface area contributed by atoms with E-state index >= 15 is 0 Å². The first kappa shape index (κ1) is 21.6. The fourth-order valence-corrected chi connectivity index (χ4v) is 6.69. The highest BCUT2D eigenvalue weighted by Crippen LogP contribution is 2.41. The summed E-state index contributed by atoms with van der Waals surface area (Å²) in [6.45, 7) is 0. The van der Waals surface area contributed by atoms with E-state index in [9.17, 15) is 0 Å². The summed E-state index contributed by atoms with van der Waals surface area (Å²) in [4.78, 5) is 9.47. The zero-order valence-corrected chi connectivity index (χ0v) is 21.7. The third kappa shape index (κ3) is 3.00. The molecule has 0 spiro atoms. The van der Waals surface area contributed by atoms with Gasteiger partial charge in [-0.25, -0.2) is 0 Å². The minimum atomic E-state index is 0.940. The molecule has 0 radical (unpaired) electrons. The molecule has 0 atom stereocenters. The summed E-state index contributed by atoms with van der Waals surface area (Å²) in [7, 11) is 0. The Balaban J connectivity index is 1.29. The van der Waals surface area contributed by atoms with Crippen molar-refractivity contribution >= 4 is 60.5 Å². The minimum absolute atomic E-state index is 0.940.